The summed E-state index contributed by atoms with van der Waals surface area (Å²) in [5, 5.41) is 15.1. The number of furan rings is 1. The fourth-order valence-electron chi connectivity index (χ4n) is 2.91. The summed E-state index contributed by atoms with van der Waals surface area (Å²) in [6.45, 7) is 4.43. The zero-order chi connectivity index (χ0) is 21.5. The van der Waals surface area contributed by atoms with Crippen LogP contribution in [-0.4, -0.2) is 22.7 Å². The summed E-state index contributed by atoms with van der Waals surface area (Å²) in [4.78, 5) is 12.5. The van der Waals surface area contributed by atoms with E-state index in [1.54, 1.807) is 24.3 Å². The van der Waals surface area contributed by atoms with Crippen LogP contribution in [0.3, 0.4) is 0 Å². The van der Waals surface area contributed by atoms with Gasteiger partial charge in [-0.2, -0.15) is 0 Å². The standard InChI is InChI=1S/C23H24N2O4S/c1-3-11-28-18-6-4-5-16(13-18)22(27)25-23(30)24-17-7-9-20(15(2)12-17)21-10-8-19(14-26)29-21/h4-10,12-13,26H,3,11,14H2,1-2H3,(H2,24,25,27,30). The molecule has 0 atom stereocenters. The van der Waals surface area contributed by atoms with E-state index in [0.717, 1.165) is 23.2 Å². The highest BCUT2D eigenvalue weighted by Crippen LogP contribution is 2.27. The predicted molar refractivity (Wildman–Crippen MR) is 121 cm³/mol. The molecule has 7 heteroatoms. The number of hydrogen-bond donors (Lipinski definition) is 3. The Morgan fingerprint density at radius 3 is 2.70 bits per heavy atom. The molecule has 1 amide bonds. The quantitative estimate of drug-likeness (QED) is 0.479. The van der Waals surface area contributed by atoms with Crippen LogP contribution in [0.2, 0.25) is 0 Å². The summed E-state index contributed by atoms with van der Waals surface area (Å²) >= 11 is 5.28. The monoisotopic (exact) mass is 424 g/mol. The molecule has 1 aromatic heterocycles. The topological polar surface area (TPSA) is 83.7 Å². The molecule has 3 rings (SSSR count). The normalized spacial score (nSPS) is 10.5. The van der Waals surface area contributed by atoms with Gasteiger partial charge in [0.05, 0.1) is 6.61 Å². The van der Waals surface area contributed by atoms with E-state index in [1.165, 1.54) is 0 Å². The van der Waals surface area contributed by atoms with E-state index in [9.17, 15) is 4.79 Å². The Labute approximate surface area is 180 Å². The molecular formula is C23H24N2O4S. The zero-order valence-electron chi connectivity index (χ0n) is 16.9. The number of carbonyl (C=O) groups excluding carboxylic acids is 1. The summed E-state index contributed by atoms with van der Waals surface area (Å²) < 4.78 is 11.2. The Morgan fingerprint density at radius 1 is 1.17 bits per heavy atom. The number of nitrogens with one attached hydrogen (secondary N) is 2. The minimum absolute atomic E-state index is 0.139. The molecule has 6 nitrogen and oxygen atoms in total. The minimum atomic E-state index is -0.310. The van der Waals surface area contributed by atoms with Crippen LogP contribution in [0.4, 0.5) is 5.69 Å². The van der Waals surface area contributed by atoms with Crippen molar-refractivity contribution in [3.8, 4) is 17.1 Å². The highest BCUT2D eigenvalue weighted by Gasteiger charge is 2.11. The molecule has 3 N–H and O–H groups in total. The third-order valence-electron chi connectivity index (χ3n) is 4.36. The van der Waals surface area contributed by atoms with Gasteiger partial charge in [-0.05, 0) is 79.7 Å². The SMILES string of the molecule is CCCOc1cccc(C(=O)NC(=S)Nc2ccc(-c3ccc(CO)o3)c(C)c2)c1. The fraction of sp³-hybridized carbons (Fsp3) is 0.217. The van der Waals surface area contributed by atoms with Crippen molar-refractivity contribution in [2.24, 2.45) is 0 Å². The zero-order valence-corrected chi connectivity index (χ0v) is 17.7. The lowest BCUT2D eigenvalue weighted by molar-refractivity contribution is 0.0977. The molecule has 0 fully saturated rings. The van der Waals surface area contributed by atoms with Gasteiger partial charge in [0.1, 0.15) is 23.9 Å². The maximum atomic E-state index is 12.5. The number of aryl methyl sites for hydroxylation is 1. The molecule has 0 spiro atoms. The molecule has 0 aliphatic heterocycles. The van der Waals surface area contributed by atoms with E-state index in [0.29, 0.717) is 29.4 Å². The maximum Gasteiger partial charge on any atom is 0.257 e. The Morgan fingerprint density at radius 2 is 2.00 bits per heavy atom. The van der Waals surface area contributed by atoms with Crippen LogP contribution < -0.4 is 15.4 Å². The Hall–Kier alpha value is -3.16. The second-order valence-electron chi connectivity index (χ2n) is 6.74. The number of thiocarbonyl (C=S) groups is 1. The van der Waals surface area contributed by atoms with Gasteiger partial charge in [0.15, 0.2) is 5.11 Å². The summed E-state index contributed by atoms with van der Waals surface area (Å²) in [6, 6.07) is 16.2. The van der Waals surface area contributed by atoms with Gasteiger partial charge in [0, 0.05) is 16.8 Å². The van der Waals surface area contributed by atoms with Crippen molar-refractivity contribution in [3.05, 3.63) is 71.5 Å². The first-order valence-corrected chi connectivity index (χ1v) is 10.1. The van der Waals surface area contributed by atoms with Crippen LogP contribution in [0.15, 0.2) is 59.0 Å². The molecule has 0 saturated carbocycles. The van der Waals surface area contributed by atoms with Crippen LogP contribution in [-0.2, 0) is 6.61 Å². The van der Waals surface area contributed by atoms with Gasteiger partial charge in [-0.15, -0.1) is 0 Å². The third kappa shape index (κ3) is 5.46. The van der Waals surface area contributed by atoms with Crippen molar-refractivity contribution >= 4 is 28.9 Å². The molecule has 0 radical (unpaired) electrons. The van der Waals surface area contributed by atoms with Crippen molar-refractivity contribution in [2.45, 2.75) is 26.9 Å². The lowest BCUT2D eigenvalue weighted by atomic mass is 10.1. The van der Waals surface area contributed by atoms with Gasteiger partial charge in [0.2, 0.25) is 0 Å². The summed E-state index contributed by atoms with van der Waals surface area (Å²) in [6.07, 6.45) is 0.894. The van der Waals surface area contributed by atoms with E-state index < -0.39 is 0 Å². The summed E-state index contributed by atoms with van der Waals surface area (Å²) in [7, 11) is 0. The average molecular weight is 425 g/mol. The Bertz CT molecular complexity index is 1050. The number of hydrogen-bond acceptors (Lipinski definition) is 5. The van der Waals surface area contributed by atoms with Crippen LogP contribution >= 0.6 is 12.2 Å². The molecule has 2 aromatic carbocycles. The van der Waals surface area contributed by atoms with E-state index in [2.05, 4.69) is 10.6 Å². The van der Waals surface area contributed by atoms with Crippen LogP contribution in [0.5, 0.6) is 5.75 Å². The molecular weight excluding hydrogens is 400 g/mol. The highest BCUT2D eigenvalue weighted by atomic mass is 32.1. The highest BCUT2D eigenvalue weighted by molar-refractivity contribution is 7.80. The molecule has 30 heavy (non-hydrogen) atoms. The fourth-order valence-corrected chi connectivity index (χ4v) is 3.12. The molecule has 0 saturated heterocycles. The van der Waals surface area contributed by atoms with Crippen LogP contribution in [0.25, 0.3) is 11.3 Å². The third-order valence-corrected chi connectivity index (χ3v) is 4.57. The first-order valence-electron chi connectivity index (χ1n) is 9.66. The van der Waals surface area contributed by atoms with Crippen LogP contribution in [0.1, 0.15) is 35.0 Å². The van der Waals surface area contributed by atoms with E-state index in [4.69, 9.17) is 26.5 Å². The van der Waals surface area contributed by atoms with E-state index in [1.807, 2.05) is 44.2 Å². The Balaban J connectivity index is 1.63. The molecule has 0 aliphatic rings. The molecule has 1 heterocycles. The molecule has 156 valence electrons. The summed E-state index contributed by atoms with van der Waals surface area (Å²) in [5.74, 6) is 1.54. The first kappa shape index (κ1) is 21.5. The van der Waals surface area contributed by atoms with E-state index in [-0.39, 0.29) is 17.6 Å². The lowest BCUT2D eigenvalue weighted by Gasteiger charge is -2.12. The van der Waals surface area contributed by atoms with E-state index >= 15 is 0 Å². The lowest BCUT2D eigenvalue weighted by Crippen LogP contribution is -2.34. The second kappa shape index (κ2) is 10.0. The smallest absolute Gasteiger partial charge is 0.257 e. The van der Waals surface area contributed by atoms with Crippen molar-refractivity contribution in [1.29, 1.82) is 0 Å². The number of carbonyl (C=O) groups is 1. The molecule has 3 aromatic rings. The van der Waals surface area contributed by atoms with Crippen LogP contribution in [0, 0.1) is 6.92 Å². The van der Waals surface area contributed by atoms with Gasteiger partial charge < -0.3 is 19.6 Å². The number of amides is 1. The van der Waals surface area contributed by atoms with Gasteiger partial charge in [-0.25, -0.2) is 0 Å². The number of benzene rings is 2. The van der Waals surface area contributed by atoms with Crippen molar-refractivity contribution in [3.63, 3.8) is 0 Å². The number of aliphatic hydroxyl groups excluding tert-OH is 1. The van der Waals surface area contributed by atoms with Gasteiger partial charge in [-0.1, -0.05) is 13.0 Å². The Kier molecular flexibility index (Phi) is 7.21. The predicted octanol–water partition coefficient (Wildman–Crippen LogP) is 4.66. The van der Waals surface area contributed by atoms with Crippen molar-refractivity contribution in [1.82, 2.24) is 5.32 Å². The number of aliphatic hydroxyl groups is 1. The van der Waals surface area contributed by atoms with Gasteiger partial charge >= 0.3 is 0 Å². The molecule has 0 bridgehead atoms. The number of anilines is 1. The second-order valence-corrected chi connectivity index (χ2v) is 7.15. The number of ether oxygens (including phenoxy) is 1. The van der Waals surface area contributed by atoms with Gasteiger partial charge in [-0.3, -0.25) is 10.1 Å². The molecule has 0 unspecified atom stereocenters. The van der Waals surface area contributed by atoms with Gasteiger partial charge in [0.25, 0.3) is 5.91 Å². The van der Waals surface area contributed by atoms with Crippen molar-refractivity contribution < 1.29 is 19.1 Å². The minimum Gasteiger partial charge on any atom is -0.494 e. The maximum absolute atomic E-state index is 12.5. The average Bonchev–Trinajstić information content (AvgIpc) is 3.21. The molecule has 0 aliphatic carbocycles. The largest absolute Gasteiger partial charge is 0.494 e. The van der Waals surface area contributed by atoms with Crippen molar-refractivity contribution in [2.75, 3.05) is 11.9 Å². The summed E-state index contributed by atoms with van der Waals surface area (Å²) in [5.41, 5.74) is 3.10. The number of rotatable bonds is 7. The first-order chi connectivity index (χ1) is 14.5.